The van der Waals surface area contributed by atoms with Crippen molar-refractivity contribution in [3.05, 3.63) is 136 Å². The first-order chi connectivity index (χ1) is 16.9. The quantitative estimate of drug-likeness (QED) is 0.194. The summed E-state index contributed by atoms with van der Waals surface area (Å²) in [5, 5.41) is 22.1. The predicted octanol–water partition coefficient (Wildman–Crippen LogP) is 3.83. The number of ether oxygens (including phenoxy) is 1. The number of nitrogens with zero attached hydrogens (tertiary/aromatic N) is 3. The lowest BCUT2D eigenvalue weighted by Crippen LogP contribution is -2.22. The van der Waals surface area contributed by atoms with Crippen LogP contribution in [0, 0.1) is 16.3 Å². The highest BCUT2D eigenvalue weighted by molar-refractivity contribution is 6.00. The minimum atomic E-state index is -0.504. The molecular weight excluding hydrogens is 446 g/mol. The summed E-state index contributed by atoms with van der Waals surface area (Å²) in [6.07, 6.45) is 14.1. The van der Waals surface area contributed by atoms with E-state index in [1.54, 1.807) is 59.1 Å². The largest absolute Gasteiger partial charge is 0.506 e. The van der Waals surface area contributed by atoms with Crippen LogP contribution in [0.15, 0.2) is 104 Å². The van der Waals surface area contributed by atoms with Crippen molar-refractivity contribution in [3.63, 3.8) is 0 Å². The molecule has 8 nitrogen and oxygen atoms in total. The number of rotatable bonds is 6. The van der Waals surface area contributed by atoms with E-state index in [0.29, 0.717) is 11.1 Å². The number of allylic oxidation sites excluding steroid dienone is 2. The van der Waals surface area contributed by atoms with Crippen LogP contribution in [0.25, 0.3) is 11.3 Å². The minimum Gasteiger partial charge on any atom is -0.506 e. The Balaban J connectivity index is 1.47. The topological polar surface area (TPSA) is 98.8 Å². The van der Waals surface area contributed by atoms with E-state index in [4.69, 9.17) is 4.74 Å². The zero-order chi connectivity index (χ0) is 24.8. The highest BCUT2D eigenvalue weighted by atomic mass is 16.6. The van der Waals surface area contributed by atoms with Crippen LogP contribution in [0.2, 0.25) is 0 Å². The maximum absolute atomic E-state index is 12.4. The third-order valence-corrected chi connectivity index (χ3v) is 5.32. The standard InChI is InChI=1S/C27H21N3O5/c1-35-25-8-4-23(5-9-25)27(32)19-29-16-12-21(13-17-29)20-10-14-28(15-11-20)18-26(31)22-2-6-24(7-3-22)30(33)34/h2-19H,1H3/p+1/b27-19-. The Hall–Kier alpha value is -4.98. The van der Waals surface area contributed by atoms with E-state index < -0.39 is 4.92 Å². The van der Waals surface area contributed by atoms with Crippen molar-refractivity contribution in [2.45, 2.75) is 0 Å². The van der Waals surface area contributed by atoms with Gasteiger partial charge in [0.05, 0.1) is 18.2 Å². The van der Waals surface area contributed by atoms with Crippen LogP contribution in [-0.4, -0.2) is 27.8 Å². The highest BCUT2D eigenvalue weighted by Crippen LogP contribution is 2.19. The molecule has 0 aliphatic carbocycles. The van der Waals surface area contributed by atoms with Gasteiger partial charge in [0.1, 0.15) is 11.5 Å². The number of carbonyl (C=O) groups excluding carboxylic acids is 1. The monoisotopic (exact) mass is 468 g/mol. The van der Waals surface area contributed by atoms with E-state index in [1.807, 2.05) is 36.7 Å². The van der Waals surface area contributed by atoms with Crippen molar-refractivity contribution in [2.75, 3.05) is 7.11 Å². The van der Waals surface area contributed by atoms with Crippen LogP contribution in [0.3, 0.4) is 0 Å². The molecule has 174 valence electrons. The Morgan fingerprint density at radius 2 is 1.57 bits per heavy atom. The number of pyridine rings is 1. The van der Waals surface area contributed by atoms with Crippen LogP contribution in [-0.2, 0) is 0 Å². The van der Waals surface area contributed by atoms with E-state index in [0.717, 1.165) is 16.5 Å². The number of Topliss-reactive ketones (excluding diaryl/α,β-unsaturated/α-hetero) is 1. The van der Waals surface area contributed by atoms with Crippen molar-refractivity contribution in [1.82, 2.24) is 4.90 Å². The highest BCUT2D eigenvalue weighted by Gasteiger charge is 2.10. The molecule has 1 N–H and O–H groups in total. The molecule has 1 aliphatic rings. The molecule has 0 spiro atoms. The molecule has 0 bridgehead atoms. The minimum absolute atomic E-state index is 0.0610. The summed E-state index contributed by atoms with van der Waals surface area (Å²) in [6.45, 7) is 0. The lowest BCUT2D eigenvalue weighted by atomic mass is 10.1. The number of aliphatic hydroxyl groups excluding tert-OH is 1. The molecular formula is C27H22N3O5+. The molecule has 1 aliphatic heterocycles. The molecule has 1 aromatic heterocycles. The van der Waals surface area contributed by atoms with Crippen LogP contribution in [0.4, 0.5) is 5.69 Å². The molecule has 4 rings (SSSR count). The maximum Gasteiger partial charge on any atom is 0.269 e. The number of aromatic nitrogens is 1. The average Bonchev–Trinajstić information content (AvgIpc) is 2.89. The van der Waals surface area contributed by atoms with Gasteiger partial charge in [0.15, 0.2) is 12.4 Å². The Bertz CT molecular complexity index is 1430. The Morgan fingerprint density at radius 3 is 2.14 bits per heavy atom. The van der Waals surface area contributed by atoms with Gasteiger partial charge in [0.2, 0.25) is 12.0 Å². The van der Waals surface area contributed by atoms with E-state index in [9.17, 15) is 20.0 Å². The van der Waals surface area contributed by atoms with Gasteiger partial charge in [0.25, 0.3) is 5.69 Å². The normalized spacial score (nSPS) is 13.0. The van der Waals surface area contributed by atoms with E-state index in [-0.39, 0.29) is 17.2 Å². The summed E-state index contributed by atoms with van der Waals surface area (Å²) in [5.74, 6) is 0.581. The van der Waals surface area contributed by atoms with Gasteiger partial charge < -0.3 is 14.7 Å². The SMILES string of the molecule is COc1ccc(/C(O)=C/N2C=CC(=c3cc[n+](=CC(=O)c4ccc([N+](=O)[O-])cc4)cc3)C=C2)cc1. The van der Waals surface area contributed by atoms with Crippen LogP contribution < -0.4 is 14.2 Å². The number of aliphatic hydroxyl groups is 1. The summed E-state index contributed by atoms with van der Waals surface area (Å²) in [5.41, 5.74) is 1.95. The summed E-state index contributed by atoms with van der Waals surface area (Å²) < 4.78 is 6.76. The van der Waals surface area contributed by atoms with Gasteiger partial charge in [-0.3, -0.25) is 14.9 Å². The van der Waals surface area contributed by atoms with Crippen molar-refractivity contribution in [3.8, 4) is 5.75 Å². The van der Waals surface area contributed by atoms with Gasteiger partial charge >= 0.3 is 0 Å². The van der Waals surface area contributed by atoms with Gasteiger partial charge in [-0.2, -0.15) is 4.24 Å². The molecule has 0 fully saturated rings. The van der Waals surface area contributed by atoms with Crippen molar-refractivity contribution in [1.29, 1.82) is 0 Å². The lowest BCUT2D eigenvalue weighted by molar-refractivity contribution is -0.505. The first-order valence-corrected chi connectivity index (χ1v) is 10.6. The Morgan fingerprint density at radius 1 is 0.971 bits per heavy atom. The fraction of sp³-hybridized carbons (Fsp3) is 0.0370. The van der Waals surface area contributed by atoms with E-state index in [2.05, 4.69) is 0 Å². The maximum atomic E-state index is 12.4. The second kappa shape index (κ2) is 10.3. The average molecular weight is 468 g/mol. The van der Waals surface area contributed by atoms with Gasteiger partial charge in [-0.05, 0) is 59.3 Å². The molecule has 0 unspecified atom stereocenters. The molecule has 0 radical (unpaired) electrons. The molecule has 3 aromatic rings. The second-order valence-corrected chi connectivity index (χ2v) is 7.61. The van der Waals surface area contributed by atoms with Crippen LogP contribution in [0.1, 0.15) is 15.9 Å². The zero-order valence-corrected chi connectivity index (χ0v) is 18.8. The van der Waals surface area contributed by atoms with Crippen molar-refractivity contribution < 1.29 is 23.8 Å². The smallest absolute Gasteiger partial charge is 0.269 e. The Labute approximate surface area is 201 Å². The second-order valence-electron chi connectivity index (χ2n) is 7.61. The number of hydrogen-bond donors (Lipinski definition) is 1. The summed E-state index contributed by atoms with van der Waals surface area (Å²) in [7, 11) is 1.59. The molecule has 2 aromatic carbocycles. The van der Waals surface area contributed by atoms with Crippen molar-refractivity contribution >= 4 is 22.8 Å². The van der Waals surface area contributed by atoms with Crippen LogP contribution in [0.5, 0.6) is 5.75 Å². The van der Waals surface area contributed by atoms with E-state index in [1.165, 1.54) is 30.5 Å². The molecule has 0 amide bonds. The van der Waals surface area contributed by atoms with Gasteiger partial charge in [-0.15, -0.1) is 0 Å². The molecule has 0 atom stereocenters. The molecule has 35 heavy (non-hydrogen) atoms. The number of carbonyl (C=O) groups is 1. The fourth-order valence-electron chi connectivity index (χ4n) is 3.37. The third kappa shape index (κ3) is 5.69. The van der Waals surface area contributed by atoms with Gasteiger partial charge in [0, 0.05) is 47.8 Å². The number of non-ortho nitro benzene ring substituents is 1. The lowest BCUT2D eigenvalue weighted by Gasteiger charge is -2.15. The van der Waals surface area contributed by atoms with E-state index >= 15 is 0 Å². The first-order valence-electron chi connectivity index (χ1n) is 10.6. The Kier molecular flexibility index (Phi) is 6.83. The summed E-state index contributed by atoms with van der Waals surface area (Å²) in [6, 6.07) is 16.4. The zero-order valence-electron chi connectivity index (χ0n) is 18.8. The number of nitro benzene ring substituents is 1. The number of nitro groups is 1. The molecule has 0 saturated heterocycles. The molecule has 8 heteroatoms. The fourth-order valence-corrected chi connectivity index (χ4v) is 3.37. The first kappa shape index (κ1) is 23.2. The molecule has 0 saturated carbocycles. The number of hydrogen-bond acceptors (Lipinski definition) is 6. The van der Waals surface area contributed by atoms with Gasteiger partial charge in [-0.25, -0.2) is 0 Å². The van der Waals surface area contributed by atoms with Crippen molar-refractivity contribution in [2.24, 2.45) is 0 Å². The van der Waals surface area contributed by atoms with Gasteiger partial charge in [-0.1, -0.05) is 0 Å². The molecule has 2 heterocycles. The number of ketones is 1. The number of methoxy groups -OCH3 is 1. The van der Waals surface area contributed by atoms with Crippen LogP contribution >= 0.6 is 0 Å². The number of benzene rings is 2. The third-order valence-electron chi connectivity index (χ3n) is 5.32. The summed E-state index contributed by atoms with van der Waals surface area (Å²) in [4.78, 5) is 24.4. The summed E-state index contributed by atoms with van der Waals surface area (Å²) >= 11 is 0. The predicted molar refractivity (Wildman–Crippen MR) is 131 cm³/mol.